The first kappa shape index (κ1) is 29.5. The lowest BCUT2D eigenvalue weighted by Gasteiger charge is -2.13. The standard InChI is InChI=1S/C20H29N11O7S/c1-2-21-20(34)38-19-25-11-24-17(31-19)26-12-4-3-5-13(8-12)27-18-29-15(22-6-7-39(35,36)37)28-16(30-18)23-9-14(33)10-32/h3-5,8,11,14,20-21,32-34H,2,6-7,9-10H2,1H3,(H,35,36,37)(H,24,25,26,31)(H3,22,23,27,28,29,30). The maximum atomic E-state index is 11.0. The first-order chi connectivity index (χ1) is 18.6. The quantitative estimate of drug-likeness (QED) is 0.0732. The average Bonchev–Trinajstić information content (AvgIpc) is 2.87. The van der Waals surface area contributed by atoms with Gasteiger partial charge in [-0.15, -0.1) is 0 Å². The summed E-state index contributed by atoms with van der Waals surface area (Å²) >= 11 is 0. The number of benzene rings is 1. The van der Waals surface area contributed by atoms with Gasteiger partial charge in [-0.25, -0.2) is 4.98 Å². The Morgan fingerprint density at radius 1 is 0.949 bits per heavy atom. The third kappa shape index (κ3) is 10.7. The molecular formula is C20H29N11O7S. The fourth-order valence-corrected chi connectivity index (χ4v) is 3.16. The number of anilines is 6. The lowest BCUT2D eigenvalue weighted by atomic mass is 10.3. The highest BCUT2D eigenvalue weighted by atomic mass is 32.2. The van der Waals surface area contributed by atoms with Gasteiger partial charge in [-0.2, -0.15) is 33.3 Å². The molecule has 0 radical (unpaired) electrons. The Balaban J connectivity index is 1.74. The molecule has 39 heavy (non-hydrogen) atoms. The lowest BCUT2D eigenvalue weighted by molar-refractivity contribution is -0.0484. The first-order valence-electron chi connectivity index (χ1n) is 11.5. The molecule has 2 heterocycles. The summed E-state index contributed by atoms with van der Waals surface area (Å²) in [5, 5.41) is 42.4. The average molecular weight is 568 g/mol. The highest BCUT2D eigenvalue weighted by molar-refractivity contribution is 7.85. The summed E-state index contributed by atoms with van der Waals surface area (Å²) in [6, 6.07) is 6.78. The van der Waals surface area contributed by atoms with Crippen molar-refractivity contribution in [1.82, 2.24) is 35.2 Å². The van der Waals surface area contributed by atoms with Crippen molar-refractivity contribution in [3.63, 3.8) is 0 Å². The second-order valence-electron chi connectivity index (χ2n) is 7.69. The minimum atomic E-state index is -4.20. The maximum Gasteiger partial charge on any atom is 0.324 e. The van der Waals surface area contributed by atoms with Crippen LogP contribution in [0.4, 0.5) is 35.2 Å². The second-order valence-corrected chi connectivity index (χ2v) is 9.26. The van der Waals surface area contributed by atoms with Gasteiger partial charge in [0.15, 0.2) is 0 Å². The van der Waals surface area contributed by atoms with Gasteiger partial charge < -0.3 is 41.3 Å². The maximum absolute atomic E-state index is 11.0. The predicted molar refractivity (Wildman–Crippen MR) is 139 cm³/mol. The van der Waals surface area contributed by atoms with E-state index in [9.17, 15) is 18.6 Å². The summed E-state index contributed by atoms with van der Waals surface area (Å²) < 4.78 is 36.1. The molecule has 9 N–H and O–H groups in total. The molecule has 0 amide bonds. The Kier molecular flexibility index (Phi) is 10.8. The Hall–Kier alpha value is -4.01. The van der Waals surface area contributed by atoms with Crippen LogP contribution in [0.2, 0.25) is 0 Å². The van der Waals surface area contributed by atoms with E-state index in [1.807, 2.05) is 0 Å². The molecule has 0 aliphatic carbocycles. The molecule has 0 spiro atoms. The monoisotopic (exact) mass is 567 g/mol. The smallest absolute Gasteiger partial charge is 0.324 e. The van der Waals surface area contributed by atoms with Gasteiger partial charge in [0.05, 0.1) is 18.5 Å². The molecule has 0 fully saturated rings. The van der Waals surface area contributed by atoms with Gasteiger partial charge in [0.1, 0.15) is 6.33 Å². The van der Waals surface area contributed by atoms with E-state index < -0.39 is 35.0 Å². The van der Waals surface area contributed by atoms with E-state index in [2.05, 4.69) is 56.5 Å². The minimum absolute atomic E-state index is 0.0103. The third-order valence-electron chi connectivity index (χ3n) is 4.51. The third-order valence-corrected chi connectivity index (χ3v) is 5.23. The van der Waals surface area contributed by atoms with E-state index in [0.717, 1.165) is 0 Å². The molecule has 1 aromatic carbocycles. The number of aliphatic hydroxyl groups excluding tert-OH is 3. The molecule has 2 aromatic heterocycles. The number of hydrogen-bond donors (Lipinski definition) is 9. The van der Waals surface area contributed by atoms with Crippen molar-refractivity contribution in [2.24, 2.45) is 0 Å². The molecule has 0 saturated carbocycles. The molecule has 212 valence electrons. The Morgan fingerprint density at radius 3 is 2.28 bits per heavy atom. The zero-order valence-electron chi connectivity index (χ0n) is 20.7. The van der Waals surface area contributed by atoms with Crippen LogP contribution >= 0.6 is 0 Å². The summed E-state index contributed by atoms with van der Waals surface area (Å²) in [4.78, 5) is 24.5. The van der Waals surface area contributed by atoms with E-state index >= 15 is 0 Å². The molecule has 0 saturated heterocycles. The zero-order valence-corrected chi connectivity index (χ0v) is 21.5. The van der Waals surface area contributed by atoms with Gasteiger partial charge in [0.2, 0.25) is 23.8 Å². The van der Waals surface area contributed by atoms with Gasteiger partial charge in [-0.05, 0) is 24.7 Å². The lowest BCUT2D eigenvalue weighted by Crippen LogP contribution is -2.34. The molecular weight excluding hydrogens is 538 g/mol. The van der Waals surface area contributed by atoms with E-state index in [1.165, 1.54) is 6.33 Å². The van der Waals surface area contributed by atoms with E-state index in [1.54, 1.807) is 31.2 Å². The summed E-state index contributed by atoms with van der Waals surface area (Å²) in [7, 11) is -4.20. The molecule has 3 rings (SSSR count). The summed E-state index contributed by atoms with van der Waals surface area (Å²) in [6.07, 6.45) is -1.13. The Labute approximate surface area is 223 Å². The van der Waals surface area contributed by atoms with Gasteiger partial charge in [-0.1, -0.05) is 13.0 Å². The van der Waals surface area contributed by atoms with Crippen LogP contribution in [-0.4, -0.2) is 103 Å². The second kappa shape index (κ2) is 14.2. The van der Waals surface area contributed by atoms with Crippen molar-refractivity contribution in [1.29, 1.82) is 0 Å². The molecule has 0 aliphatic heterocycles. The van der Waals surface area contributed by atoms with Crippen LogP contribution in [0, 0.1) is 0 Å². The molecule has 0 bridgehead atoms. The van der Waals surface area contributed by atoms with Crippen LogP contribution in [0.25, 0.3) is 0 Å². The first-order valence-corrected chi connectivity index (χ1v) is 13.1. The van der Waals surface area contributed by atoms with Crippen LogP contribution in [0.3, 0.4) is 0 Å². The van der Waals surface area contributed by atoms with Crippen molar-refractivity contribution in [3.8, 4) is 6.01 Å². The van der Waals surface area contributed by atoms with Crippen LogP contribution in [0.15, 0.2) is 30.6 Å². The molecule has 2 atom stereocenters. The van der Waals surface area contributed by atoms with Crippen molar-refractivity contribution in [3.05, 3.63) is 30.6 Å². The molecule has 0 aliphatic rings. The van der Waals surface area contributed by atoms with E-state index in [0.29, 0.717) is 17.9 Å². The van der Waals surface area contributed by atoms with Crippen molar-refractivity contribution in [2.45, 2.75) is 19.4 Å². The topological polar surface area (TPSA) is 262 Å². The largest absolute Gasteiger partial charge is 0.419 e. The number of hydrogen-bond acceptors (Lipinski definition) is 17. The molecule has 3 aromatic rings. The van der Waals surface area contributed by atoms with Gasteiger partial charge in [0.25, 0.3) is 16.5 Å². The fourth-order valence-electron chi connectivity index (χ4n) is 2.80. The number of aliphatic hydroxyl groups is 3. The zero-order chi connectivity index (χ0) is 28.3. The van der Waals surface area contributed by atoms with Crippen molar-refractivity contribution >= 4 is 45.3 Å². The fraction of sp³-hybridized carbons (Fsp3) is 0.400. The van der Waals surface area contributed by atoms with Crippen molar-refractivity contribution in [2.75, 3.05) is 53.3 Å². The Bertz CT molecular complexity index is 1320. The van der Waals surface area contributed by atoms with Crippen LogP contribution < -0.4 is 31.3 Å². The number of nitrogens with zero attached hydrogens (tertiary/aromatic N) is 6. The predicted octanol–water partition coefficient (Wildman–Crippen LogP) is -1.13. The summed E-state index contributed by atoms with van der Waals surface area (Å²) in [5.74, 6) is -0.338. The highest BCUT2D eigenvalue weighted by Gasteiger charge is 2.12. The molecule has 18 nitrogen and oxygen atoms in total. The highest BCUT2D eigenvalue weighted by Crippen LogP contribution is 2.22. The minimum Gasteiger partial charge on any atom is -0.419 e. The van der Waals surface area contributed by atoms with E-state index in [4.69, 9.17) is 14.4 Å². The molecule has 2 unspecified atom stereocenters. The normalized spacial score (nSPS) is 12.8. The number of ether oxygens (including phenoxy) is 1. The number of aromatic nitrogens is 6. The van der Waals surface area contributed by atoms with Gasteiger partial charge >= 0.3 is 6.01 Å². The molecule has 19 heteroatoms. The van der Waals surface area contributed by atoms with Crippen LogP contribution in [0.1, 0.15) is 6.92 Å². The SMILES string of the molecule is CCNC(O)Oc1ncnc(Nc2cccc(Nc3nc(NCCS(=O)(=O)O)nc(NCC(O)CO)n3)c2)n1. The van der Waals surface area contributed by atoms with E-state index in [-0.39, 0.29) is 42.9 Å². The summed E-state index contributed by atoms with van der Waals surface area (Å²) in [5.41, 5.74) is 1.10. The summed E-state index contributed by atoms with van der Waals surface area (Å²) in [6.45, 7) is 1.55. The van der Waals surface area contributed by atoms with Gasteiger partial charge in [-0.3, -0.25) is 9.87 Å². The van der Waals surface area contributed by atoms with Crippen molar-refractivity contribution < 1.29 is 33.0 Å². The van der Waals surface area contributed by atoms with Crippen LogP contribution in [-0.2, 0) is 10.1 Å². The number of rotatable bonds is 16. The van der Waals surface area contributed by atoms with Gasteiger partial charge in [0, 0.05) is 24.5 Å². The number of nitrogens with one attached hydrogen (secondary N) is 5. The Morgan fingerprint density at radius 2 is 1.62 bits per heavy atom. The van der Waals surface area contributed by atoms with Crippen LogP contribution in [0.5, 0.6) is 6.01 Å².